The highest BCUT2D eigenvalue weighted by Gasteiger charge is 2.51. The van der Waals surface area contributed by atoms with Gasteiger partial charge in [-0.15, -0.1) is 0 Å². The molecule has 0 atom stereocenters. The summed E-state index contributed by atoms with van der Waals surface area (Å²) in [6.07, 6.45) is 11.8. The predicted molar refractivity (Wildman–Crippen MR) is 92.4 cm³/mol. The van der Waals surface area contributed by atoms with Gasteiger partial charge in [0.05, 0.1) is 6.54 Å². The first-order valence-corrected chi connectivity index (χ1v) is 9.54. The molecule has 4 saturated carbocycles. The highest BCUT2D eigenvalue weighted by molar-refractivity contribution is 5.76. The molecule has 1 N–H and O–H groups in total. The number of amides is 1. The van der Waals surface area contributed by atoms with Crippen LogP contribution in [0.5, 0.6) is 0 Å². The minimum absolute atomic E-state index is 0.0997. The number of carbonyl (C=O) groups is 1. The molecule has 0 spiro atoms. The monoisotopic (exact) mass is 353 g/mol. The summed E-state index contributed by atoms with van der Waals surface area (Å²) in [7, 11) is 0. The van der Waals surface area contributed by atoms with E-state index in [0.717, 1.165) is 17.8 Å². The van der Waals surface area contributed by atoms with Crippen LogP contribution in [0.15, 0.2) is 23.0 Å². The fraction of sp³-hybridized carbons (Fsp3) is 0.632. The summed E-state index contributed by atoms with van der Waals surface area (Å²) >= 11 is 0. The number of nitrogens with zero attached hydrogens (tertiary/aromatic N) is 4. The molecule has 4 bridgehead atoms. The van der Waals surface area contributed by atoms with Gasteiger partial charge in [-0.25, -0.2) is 9.97 Å². The molecule has 0 aromatic carbocycles. The molecular weight excluding hydrogens is 330 g/mol. The molecule has 2 aromatic rings. The molecular formula is C19H23N5O2. The highest BCUT2D eigenvalue weighted by atomic mass is 16.5. The fourth-order valence-electron chi connectivity index (χ4n) is 5.92. The van der Waals surface area contributed by atoms with E-state index in [1.807, 2.05) is 0 Å². The number of carbonyl (C=O) groups excluding carboxylic acids is 1. The average Bonchev–Trinajstić information content (AvgIpc) is 3.08. The third-order valence-corrected chi connectivity index (χ3v) is 6.37. The van der Waals surface area contributed by atoms with E-state index in [0.29, 0.717) is 24.0 Å². The van der Waals surface area contributed by atoms with E-state index in [2.05, 4.69) is 25.4 Å². The molecule has 136 valence electrons. The van der Waals surface area contributed by atoms with Crippen molar-refractivity contribution in [2.24, 2.45) is 23.2 Å². The first-order chi connectivity index (χ1) is 12.7. The van der Waals surface area contributed by atoms with Crippen LogP contribution in [0.4, 0.5) is 0 Å². The Morgan fingerprint density at radius 2 is 1.73 bits per heavy atom. The molecule has 2 aromatic heterocycles. The first kappa shape index (κ1) is 15.9. The molecule has 7 nitrogen and oxygen atoms in total. The van der Waals surface area contributed by atoms with Gasteiger partial charge in [0, 0.05) is 18.8 Å². The Morgan fingerprint density at radius 1 is 1.08 bits per heavy atom. The van der Waals surface area contributed by atoms with Gasteiger partial charge in [0.25, 0.3) is 0 Å². The minimum atomic E-state index is 0.0997. The van der Waals surface area contributed by atoms with Crippen molar-refractivity contribution in [3.8, 4) is 11.6 Å². The number of rotatable bonds is 5. The van der Waals surface area contributed by atoms with Crippen molar-refractivity contribution in [1.82, 2.24) is 25.4 Å². The van der Waals surface area contributed by atoms with Crippen molar-refractivity contribution >= 4 is 5.91 Å². The van der Waals surface area contributed by atoms with Crippen LogP contribution in [-0.2, 0) is 11.3 Å². The van der Waals surface area contributed by atoms with Gasteiger partial charge in [-0.05, 0) is 67.8 Å². The summed E-state index contributed by atoms with van der Waals surface area (Å²) in [5.74, 6) is 3.82. The second-order valence-electron chi connectivity index (χ2n) is 8.46. The quantitative estimate of drug-likeness (QED) is 0.888. The van der Waals surface area contributed by atoms with E-state index in [9.17, 15) is 4.79 Å². The Balaban J connectivity index is 1.19. The summed E-state index contributed by atoms with van der Waals surface area (Å²) in [5, 5.41) is 6.84. The van der Waals surface area contributed by atoms with Gasteiger partial charge >= 0.3 is 0 Å². The lowest BCUT2D eigenvalue weighted by molar-refractivity contribution is -0.129. The van der Waals surface area contributed by atoms with Crippen molar-refractivity contribution in [1.29, 1.82) is 0 Å². The lowest BCUT2D eigenvalue weighted by atomic mass is 9.49. The Morgan fingerprint density at radius 3 is 2.38 bits per heavy atom. The van der Waals surface area contributed by atoms with Crippen LogP contribution >= 0.6 is 0 Å². The smallest absolute Gasteiger partial charge is 0.246 e. The zero-order valence-electron chi connectivity index (χ0n) is 14.7. The largest absolute Gasteiger partial charge is 0.347 e. The molecule has 7 heteroatoms. The van der Waals surface area contributed by atoms with Crippen LogP contribution in [-0.4, -0.2) is 26.0 Å². The second kappa shape index (κ2) is 6.14. The molecule has 4 aliphatic carbocycles. The van der Waals surface area contributed by atoms with Crippen molar-refractivity contribution in [3.63, 3.8) is 0 Å². The van der Waals surface area contributed by atoms with Gasteiger partial charge in [0.1, 0.15) is 0 Å². The molecule has 2 heterocycles. The predicted octanol–water partition coefficient (Wildman–Crippen LogP) is 2.75. The van der Waals surface area contributed by atoms with Crippen LogP contribution in [0.3, 0.4) is 0 Å². The summed E-state index contributed by atoms with van der Waals surface area (Å²) in [6, 6.07) is 1.73. The Hall–Kier alpha value is -2.31. The molecule has 26 heavy (non-hydrogen) atoms. The maximum Gasteiger partial charge on any atom is 0.246 e. The SMILES string of the molecule is O=C(CC12CC3CC(CC(C3)C1)C2)NCc1nc(-c2ncccn2)no1. The molecule has 0 radical (unpaired) electrons. The minimum Gasteiger partial charge on any atom is -0.347 e. The van der Waals surface area contributed by atoms with Crippen LogP contribution < -0.4 is 5.32 Å². The molecule has 0 aliphatic heterocycles. The van der Waals surface area contributed by atoms with Gasteiger partial charge in [-0.3, -0.25) is 4.79 Å². The Kier molecular flexibility index (Phi) is 3.76. The van der Waals surface area contributed by atoms with E-state index in [1.54, 1.807) is 18.5 Å². The fourth-order valence-corrected chi connectivity index (χ4v) is 5.92. The average molecular weight is 353 g/mol. The van der Waals surface area contributed by atoms with E-state index in [4.69, 9.17) is 4.52 Å². The summed E-state index contributed by atoms with van der Waals surface area (Å²) in [6.45, 7) is 0.255. The summed E-state index contributed by atoms with van der Waals surface area (Å²) < 4.78 is 5.21. The van der Waals surface area contributed by atoms with E-state index in [1.165, 1.54) is 38.5 Å². The molecule has 6 rings (SSSR count). The van der Waals surface area contributed by atoms with Crippen LogP contribution in [0.25, 0.3) is 11.6 Å². The van der Waals surface area contributed by atoms with Gasteiger partial charge in [0.15, 0.2) is 0 Å². The van der Waals surface area contributed by atoms with Gasteiger partial charge in [0.2, 0.25) is 23.4 Å². The van der Waals surface area contributed by atoms with Gasteiger partial charge < -0.3 is 9.84 Å². The van der Waals surface area contributed by atoms with Crippen LogP contribution in [0.2, 0.25) is 0 Å². The zero-order chi connectivity index (χ0) is 17.6. The number of nitrogens with one attached hydrogen (secondary N) is 1. The summed E-state index contributed by atoms with van der Waals surface area (Å²) in [4.78, 5) is 25.0. The van der Waals surface area contributed by atoms with Gasteiger partial charge in [-0.1, -0.05) is 5.16 Å². The standard InChI is InChI=1S/C19H23N5O2/c25-15(10-19-7-12-4-13(8-19)6-14(5-12)9-19)22-11-16-23-18(24-26-16)17-20-2-1-3-21-17/h1-3,12-14H,4-11H2,(H,22,25). The molecule has 4 aliphatic rings. The maximum absolute atomic E-state index is 12.6. The summed E-state index contributed by atoms with van der Waals surface area (Å²) in [5.41, 5.74) is 0.247. The third-order valence-electron chi connectivity index (χ3n) is 6.37. The first-order valence-electron chi connectivity index (χ1n) is 9.54. The van der Waals surface area contributed by atoms with Crippen molar-refractivity contribution in [2.75, 3.05) is 0 Å². The molecule has 1 amide bonds. The highest BCUT2D eigenvalue weighted by Crippen LogP contribution is 2.61. The van der Waals surface area contributed by atoms with E-state index < -0.39 is 0 Å². The van der Waals surface area contributed by atoms with E-state index in [-0.39, 0.29) is 17.9 Å². The molecule has 0 unspecified atom stereocenters. The Labute approximate surface area is 152 Å². The number of aromatic nitrogens is 4. The van der Waals surface area contributed by atoms with Crippen molar-refractivity contribution in [3.05, 3.63) is 24.4 Å². The lowest BCUT2D eigenvalue weighted by Gasteiger charge is -2.56. The maximum atomic E-state index is 12.6. The number of hydrogen-bond acceptors (Lipinski definition) is 6. The lowest BCUT2D eigenvalue weighted by Crippen LogP contribution is -2.47. The van der Waals surface area contributed by atoms with Crippen molar-refractivity contribution < 1.29 is 9.32 Å². The van der Waals surface area contributed by atoms with Gasteiger partial charge in [-0.2, -0.15) is 4.98 Å². The van der Waals surface area contributed by atoms with E-state index >= 15 is 0 Å². The normalized spacial score (nSPS) is 31.9. The molecule has 0 saturated heterocycles. The third kappa shape index (κ3) is 2.99. The van der Waals surface area contributed by atoms with Crippen LogP contribution in [0, 0.1) is 23.2 Å². The van der Waals surface area contributed by atoms with Crippen molar-refractivity contribution in [2.45, 2.75) is 51.5 Å². The zero-order valence-corrected chi connectivity index (χ0v) is 14.7. The second-order valence-corrected chi connectivity index (χ2v) is 8.46. The topological polar surface area (TPSA) is 93.8 Å². The Bertz CT molecular complexity index is 768. The number of hydrogen-bond donors (Lipinski definition) is 1. The van der Waals surface area contributed by atoms with Crippen LogP contribution in [0.1, 0.15) is 50.8 Å². The molecule has 4 fully saturated rings.